The molecule has 12 aromatic carbocycles. The van der Waals surface area contributed by atoms with Crippen LogP contribution in [0.5, 0.6) is 0 Å². The first kappa shape index (κ1) is 38.5. The lowest BCUT2D eigenvalue weighted by atomic mass is 9.67. The van der Waals surface area contributed by atoms with Crippen molar-refractivity contribution in [2.45, 2.75) is 10.8 Å². The fourth-order valence-electron chi connectivity index (χ4n) is 12.4. The third kappa shape index (κ3) is 6.56. The Morgan fingerprint density at radius 2 is 0.658 bits per heavy atom. The van der Waals surface area contributed by atoms with E-state index in [9.17, 15) is 5.48 Å². The molecular formula is C72H49N. The minimum absolute atomic E-state index is 0.117. The highest BCUT2D eigenvalue weighted by Crippen LogP contribution is 2.59. The Morgan fingerprint density at radius 3 is 1.18 bits per heavy atom. The molecule has 0 aliphatic heterocycles. The number of nitrogens with zero attached hydrogens (tertiary/aromatic N) is 1. The summed E-state index contributed by atoms with van der Waals surface area (Å²) in [4.78, 5) is 1.99. The van der Waals surface area contributed by atoms with E-state index in [1.807, 2.05) is 47.4 Å². The van der Waals surface area contributed by atoms with Gasteiger partial charge in [-0.1, -0.05) is 255 Å². The maximum atomic E-state index is 10.3. The number of anilines is 3. The van der Waals surface area contributed by atoms with E-state index in [2.05, 4.69) is 231 Å². The normalized spacial score (nSPS) is 14.2. The van der Waals surface area contributed by atoms with E-state index in [0.717, 1.165) is 77.5 Å². The quantitative estimate of drug-likeness (QED) is 0.139. The lowest BCUT2D eigenvalue weighted by Gasteiger charge is -2.36. The van der Waals surface area contributed by atoms with E-state index in [-0.39, 0.29) is 35.4 Å². The van der Waals surface area contributed by atoms with E-state index in [1.165, 1.54) is 11.1 Å². The Balaban J connectivity index is 1.04. The van der Waals surface area contributed by atoms with E-state index < -0.39 is 10.8 Å². The van der Waals surface area contributed by atoms with Gasteiger partial charge >= 0.3 is 0 Å². The van der Waals surface area contributed by atoms with Gasteiger partial charge in [-0.3, -0.25) is 0 Å². The summed E-state index contributed by atoms with van der Waals surface area (Å²) in [5, 5.41) is 2.21. The second-order valence-electron chi connectivity index (χ2n) is 19.2. The van der Waals surface area contributed by atoms with E-state index in [4.69, 9.17) is 0 Å². The molecule has 0 saturated heterocycles. The summed E-state index contributed by atoms with van der Waals surface area (Å²) < 4.78 is 40.5. The van der Waals surface area contributed by atoms with Gasteiger partial charge in [0.2, 0.25) is 0 Å². The molecule has 1 nitrogen and oxygen atoms in total. The minimum atomic E-state index is -0.737. The molecule has 0 radical (unpaired) electrons. The summed E-state index contributed by atoms with van der Waals surface area (Å²) in [5.41, 5.74) is 16.3. The third-order valence-corrected chi connectivity index (χ3v) is 15.5. The zero-order valence-electron chi connectivity index (χ0n) is 43.9. The maximum Gasteiger partial charge on any atom is 0.0714 e. The SMILES string of the molecule is [2H]c1c([2H])c(N(c2ccc3c(c2)C(c2ccccc2)(c2ccccc2)c2ccccc2-3)c2ccc3c(c2)C(c2ccccc2)(c2ccccc2)c2ccccc2-3)c([2H])c([2H])c1-c1cccc(-c2cccc3ccccc23)c1. The van der Waals surface area contributed by atoms with Gasteiger partial charge in [-0.05, 0) is 142 Å². The van der Waals surface area contributed by atoms with Crippen LogP contribution in [0.1, 0.15) is 50.0 Å². The summed E-state index contributed by atoms with van der Waals surface area (Å²) in [6.07, 6.45) is 0. The van der Waals surface area contributed by atoms with Crippen molar-refractivity contribution < 1.29 is 5.48 Å². The molecule has 73 heavy (non-hydrogen) atoms. The first-order chi connectivity index (χ1) is 37.9. The monoisotopic (exact) mass is 931 g/mol. The van der Waals surface area contributed by atoms with Crippen LogP contribution in [-0.2, 0) is 10.8 Å². The fraction of sp³-hybridized carbons (Fsp3) is 0.0278. The number of benzene rings is 12. The molecule has 0 atom stereocenters. The number of rotatable bonds is 9. The molecule has 2 aliphatic rings. The van der Waals surface area contributed by atoms with Crippen LogP contribution in [0.25, 0.3) is 55.3 Å². The Hall–Kier alpha value is -9.30. The van der Waals surface area contributed by atoms with Gasteiger partial charge in [0.25, 0.3) is 0 Å². The van der Waals surface area contributed by atoms with Crippen LogP contribution in [-0.4, -0.2) is 0 Å². The molecule has 0 bridgehead atoms. The highest BCUT2D eigenvalue weighted by molar-refractivity contribution is 5.98. The van der Waals surface area contributed by atoms with Gasteiger partial charge in [0.15, 0.2) is 0 Å². The second kappa shape index (κ2) is 17.2. The molecule has 14 rings (SSSR count). The lowest BCUT2D eigenvalue weighted by molar-refractivity contribution is 0.767. The predicted molar refractivity (Wildman–Crippen MR) is 304 cm³/mol. The minimum Gasteiger partial charge on any atom is -0.310 e. The van der Waals surface area contributed by atoms with Gasteiger partial charge in [0, 0.05) is 17.1 Å². The van der Waals surface area contributed by atoms with Crippen LogP contribution < -0.4 is 4.90 Å². The van der Waals surface area contributed by atoms with Crippen LogP contribution in [0, 0.1) is 0 Å². The molecule has 2 aliphatic carbocycles. The smallest absolute Gasteiger partial charge is 0.0714 e. The summed E-state index contributed by atoms with van der Waals surface area (Å²) in [5.74, 6) is 0. The van der Waals surface area contributed by atoms with Crippen molar-refractivity contribution >= 4 is 27.8 Å². The topological polar surface area (TPSA) is 3.24 Å². The van der Waals surface area contributed by atoms with Crippen LogP contribution in [0.15, 0.2) is 297 Å². The molecule has 0 saturated carbocycles. The Labute approximate surface area is 433 Å². The highest BCUT2D eigenvalue weighted by atomic mass is 15.1. The zero-order chi connectivity index (χ0) is 51.8. The number of fused-ring (bicyclic) bond motifs is 7. The fourth-order valence-corrected chi connectivity index (χ4v) is 12.4. The molecule has 0 aromatic heterocycles. The molecule has 12 aromatic rings. The first-order valence-electron chi connectivity index (χ1n) is 27.1. The second-order valence-corrected chi connectivity index (χ2v) is 19.2. The first-order valence-corrected chi connectivity index (χ1v) is 25.1. The molecule has 0 heterocycles. The Bertz CT molecular complexity index is 3970. The van der Waals surface area contributed by atoms with Crippen LogP contribution in [0.3, 0.4) is 0 Å². The van der Waals surface area contributed by atoms with Crippen molar-refractivity contribution in [3.8, 4) is 44.5 Å². The van der Waals surface area contributed by atoms with E-state index in [1.54, 1.807) is 0 Å². The molecule has 0 fully saturated rings. The Kier molecular flexibility index (Phi) is 9.08. The van der Waals surface area contributed by atoms with Gasteiger partial charge < -0.3 is 4.90 Å². The van der Waals surface area contributed by atoms with Gasteiger partial charge in [-0.15, -0.1) is 0 Å². The number of hydrogen-bond donors (Lipinski definition) is 0. The summed E-state index contributed by atoms with van der Waals surface area (Å²) in [6, 6.07) is 95.1. The Morgan fingerprint density at radius 1 is 0.260 bits per heavy atom. The van der Waals surface area contributed by atoms with Gasteiger partial charge in [-0.25, -0.2) is 0 Å². The van der Waals surface area contributed by atoms with Crippen molar-refractivity contribution in [1.82, 2.24) is 0 Å². The van der Waals surface area contributed by atoms with Crippen LogP contribution >= 0.6 is 0 Å². The molecule has 0 unspecified atom stereocenters. The molecule has 0 amide bonds. The van der Waals surface area contributed by atoms with Gasteiger partial charge in [0.1, 0.15) is 0 Å². The average Bonchev–Trinajstić information content (AvgIpc) is 4.16. The highest BCUT2D eigenvalue weighted by Gasteiger charge is 2.48. The molecule has 0 N–H and O–H groups in total. The lowest BCUT2D eigenvalue weighted by Crippen LogP contribution is -2.29. The van der Waals surface area contributed by atoms with Crippen molar-refractivity contribution in [2.75, 3.05) is 4.90 Å². The predicted octanol–water partition coefficient (Wildman–Crippen LogP) is 18.4. The molecule has 342 valence electrons. The van der Waals surface area contributed by atoms with Crippen molar-refractivity contribution in [3.05, 3.63) is 342 Å². The summed E-state index contributed by atoms with van der Waals surface area (Å²) in [7, 11) is 0. The third-order valence-electron chi connectivity index (χ3n) is 15.5. The van der Waals surface area contributed by atoms with E-state index in [0.29, 0.717) is 16.9 Å². The van der Waals surface area contributed by atoms with Crippen molar-refractivity contribution in [1.29, 1.82) is 0 Å². The van der Waals surface area contributed by atoms with Gasteiger partial charge in [0.05, 0.1) is 16.3 Å². The number of hydrogen-bond acceptors (Lipinski definition) is 1. The van der Waals surface area contributed by atoms with Gasteiger partial charge in [-0.2, -0.15) is 0 Å². The summed E-state index contributed by atoms with van der Waals surface area (Å²) in [6.45, 7) is 0. The van der Waals surface area contributed by atoms with Crippen LogP contribution in [0.4, 0.5) is 17.1 Å². The molecular weight excluding hydrogens is 879 g/mol. The summed E-state index contributed by atoms with van der Waals surface area (Å²) >= 11 is 0. The maximum absolute atomic E-state index is 10.3. The largest absolute Gasteiger partial charge is 0.310 e. The zero-order valence-corrected chi connectivity index (χ0v) is 39.9. The van der Waals surface area contributed by atoms with Crippen molar-refractivity contribution in [3.63, 3.8) is 0 Å². The molecule has 1 heteroatoms. The standard InChI is InChI=1S/C72H49N/c1-5-25-54(26-6-1)71(55-27-7-2-8-28-55)67-37-17-15-34-63(67)65-45-43-59(48-69(65)71)73(58-41-39-50(40-42-58)52-23-19-24-53(47-52)62-36-20-22-51-21-13-14-33-61(51)62)60-44-46-66-64-35-16-18-38-68(64)72(70(66)49-60,56-29-9-3-10-30-56)57-31-11-4-12-32-57/h1-49H/i39D,40D,41D,42D. The molecule has 0 spiro atoms. The van der Waals surface area contributed by atoms with E-state index >= 15 is 0 Å². The van der Waals surface area contributed by atoms with Crippen molar-refractivity contribution in [2.24, 2.45) is 0 Å². The average molecular weight is 932 g/mol. The van der Waals surface area contributed by atoms with Crippen LogP contribution in [0.2, 0.25) is 0 Å².